The number of nitro groups is 1. The number of furan rings is 1. The Bertz CT molecular complexity index is 824. The van der Waals surface area contributed by atoms with Crippen LogP contribution in [0.5, 0.6) is 0 Å². The predicted molar refractivity (Wildman–Crippen MR) is 80.0 cm³/mol. The largest absolute Gasteiger partial charge is 0.448 e. The second-order valence-electron chi connectivity index (χ2n) is 4.25. The molecular weight excluding hydrogens is 340 g/mol. The fourth-order valence-electron chi connectivity index (χ4n) is 1.91. The Hall–Kier alpha value is -2.61. The van der Waals surface area contributed by atoms with Gasteiger partial charge >= 0.3 is 0 Å². The van der Waals surface area contributed by atoms with Crippen molar-refractivity contribution in [1.29, 1.82) is 0 Å². The van der Waals surface area contributed by atoms with Gasteiger partial charge in [-0.2, -0.15) is 5.10 Å². The van der Waals surface area contributed by atoms with Crippen molar-refractivity contribution in [3.8, 4) is 17.1 Å². The third-order valence-electron chi connectivity index (χ3n) is 2.85. The highest BCUT2D eigenvalue weighted by Gasteiger charge is 2.14. The fraction of sp³-hybridized carbons (Fsp3) is 0. The number of benzene rings is 1. The van der Waals surface area contributed by atoms with Crippen LogP contribution in [0.2, 0.25) is 0 Å². The third kappa shape index (κ3) is 2.52. The monoisotopic (exact) mass is 348 g/mol. The van der Waals surface area contributed by atoms with Gasteiger partial charge < -0.3 is 10.2 Å². The maximum Gasteiger partial charge on any atom is 0.271 e. The van der Waals surface area contributed by atoms with Crippen LogP contribution in [0.25, 0.3) is 17.1 Å². The minimum atomic E-state index is -0.465. The molecule has 0 spiro atoms. The summed E-state index contributed by atoms with van der Waals surface area (Å²) in [4.78, 5) is 10.4. The summed E-state index contributed by atoms with van der Waals surface area (Å²) in [5.74, 6) is 0.913. The maximum atomic E-state index is 10.8. The number of rotatable bonds is 3. The van der Waals surface area contributed by atoms with Crippen molar-refractivity contribution in [3.05, 3.63) is 57.2 Å². The van der Waals surface area contributed by atoms with Gasteiger partial charge in [-0.15, -0.1) is 0 Å². The lowest BCUT2D eigenvalue weighted by Gasteiger charge is -2.03. The number of hydrogen-bond acceptors (Lipinski definition) is 5. The van der Waals surface area contributed by atoms with E-state index in [-0.39, 0.29) is 5.69 Å². The van der Waals surface area contributed by atoms with Gasteiger partial charge in [-0.25, -0.2) is 4.68 Å². The van der Waals surface area contributed by atoms with Gasteiger partial charge in [0, 0.05) is 18.2 Å². The number of nitrogens with two attached hydrogens (primary N) is 1. The number of nitro benzene ring substituents is 1. The van der Waals surface area contributed by atoms with Crippen molar-refractivity contribution in [2.45, 2.75) is 0 Å². The van der Waals surface area contributed by atoms with Crippen molar-refractivity contribution in [1.82, 2.24) is 9.78 Å². The van der Waals surface area contributed by atoms with Gasteiger partial charge in [0.1, 0.15) is 11.5 Å². The molecular formula is C13H9BrN4O3. The highest BCUT2D eigenvalue weighted by atomic mass is 79.9. The molecule has 0 atom stereocenters. The highest BCUT2D eigenvalue weighted by Crippen LogP contribution is 2.27. The molecule has 0 amide bonds. The van der Waals surface area contributed by atoms with Gasteiger partial charge in [-0.1, -0.05) is 6.07 Å². The number of non-ortho nitro benzene ring substituents is 1. The van der Waals surface area contributed by atoms with E-state index >= 15 is 0 Å². The summed E-state index contributed by atoms with van der Waals surface area (Å²) in [6, 6.07) is 11.2. The Balaban J connectivity index is 2.05. The smallest absolute Gasteiger partial charge is 0.271 e. The number of aromatic nitrogens is 2. The Morgan fingerprint density at radius 2 is 2.10 bits per heavy atom. The molecule has 0 aliphatic heterocycles. The van der Waals surface area contributed by atoms with Crippen LogP contribution < -0.4 is 5.73 Å². The van der Waals surface area contributed by atoms with Crippen LogP contribution in [0, 0.1) is 10.1 Å². The van der Waals surface area contributed by atoms with Gasteiger partial charge in [0.2, 0.25) is 0 Å². The van der Waals surface area contributed by atoms with Crippen LogP contribution in [0.15, 0.2) is 51.6 Å². The van der Waals surface area contributed by atoms with E-state index in [4.69, 9.17) is 10.2 Å². The van der Waals surface area contributed by atoms with E-state index in [0.29, 0.717) is 27.6 Å². The first kappa shape index (κ1) is 13.4. The van der Waals surface area contributed by atoms with Crippen LogP contribution in [0.1, 0.15) is 0 Å². The molecule has 0 saturated heterocycles. The standard InChI is InChI=1S/C13H9BrN4O3/c14-12-5-4-11(21-12)10-7-13(15)17(16-10)8-2-1-3-9(6-8)18(19)20/h1-7H,15H2. The summed E-state index contributed by atoms with van der Waals surface area (Å²) >= 11 is 3.22. The molecule has 0 aliphatic carbocycles. The van der Waals surface area contributed by atoms with Crippen LogP contribution in [-0.2, 0) is 0 Å². The molecule has 3 aromatic rings. The van der Waals surface area contributed by atoms with Gasteiger partial charge in [0.15, 0.2) is 10.4 Å². The average Bonchev–Trinajstić information content (AvgIpc) is 3.05. The zero-order valence-electron chi connectivity index (χ0n) is 10.6. The summed E-state index contributed by atoms with van der Waals surface area (Å²) < 4.78 is 7.43. The molecule has 0 aliphatic rings. The molecule has 0 fully saturated rings. The van der Waals surface area contributed by atoms with Gasteiger partial charge in [-0.05, 0) is 34.1 Å². The zero-order chi connectivity index (χ0) is 15.0. The molecule has 1 aromatic carbocycles. The normalized spacial score (nSPS) is 10.7. The molecule has 0 radical (unpaired) electrons. The molecule has 3 rings (SSSR count). The van der Waals surface area contributed by atoms with E-state index in [1.807, 2.05) is 0 Å². The van der Waals surface area contributed by atoms with Crippen LogP contribution in [0.4, 0.5) is 11.5 Å². The molecule has 21 heavy (non-hydrogen) atoms. The number of hydrogen-bond donors (Lipinski definition) is 1. The molecule has 7 nitrogen and oxygen atoms in total. The lowest BCUT2D eigenvalue weighted by Crippen LogP contribution is -2.02. The first-order valence-corrected chi connectivity index (χ1v) is 6.70. The molecule has 8 heteroatoms. The minimum absolute atomic E-state index is 0.0234. The van der Waals surface area contributed by atoms with Crippen LogP contribution in [-0.4, -0.2) is 14.7 Å². The van der Waals surface area contributed by atoms with E-state index in [1.54, 1.807) is 30.3 Å². The highest BCUT2D eigenvalue weighted by molar-refractivity contribution is 9.10. The Morgan fingerprint density at radius 3 is 2.76 bits per heavy atom. The van der Waals surface area contributed by atoms with Crippen LogP contribution >= 0.6 is 15.9 Å². The Morgan fingerprint density at radius 1 is 1.29 bits per heavy atom. The molecule has 0 saturated carbocycles. The first-order chi connectivity index (χ1) is 10.0. The first-order valence-electron chi connectivity index (χ1n) is 5.90. The molecule has 2 heterocycles. The van der Waals surface area contributed by atoms with E-state index in [2.05, 4.69) is 21.0 Å². The van der Waals surface area contributed by atoms with E-state index in [9.17, 15) is 10.1 Å². The summed E-state index contributed by atoms with van der Waals surface area (Å²) in [5.41, 5.74) is 6.96. The average molecular weight is 349 g/mol. The predicted octanol–water partition coefficient (Wildman–Crippen LogP) is 3.39. The molecule has 2 aromatic heterocycles. The van der Waals surface area contributed by atoms with E-state index < -0.39 is 4.92 Å². The summed E-state index contributed by atoms with van der Waals surface area (Å²) in [5, 5.41) is 15.1. The van der Waals surface area contributed by atoms with Gasteiger partial charge in [0.05, 0.1) is 10.6 Å². The fourth-order valence-corrected chi connectivity index (χ4v) is 2.22. The lowest BCUT2D eigenvalue weighted by molar-refractivity contribution is -0.384. The second-order valence-corrected chi connectivity index (χ2v) is 5.03. The number of halogens is 1. The molecule has 106 valence electrons. The van der Waals surface area contributed by atoms with Crippen molar-refractivity contribution >= 4 is 27.4 Å². The van der Waals surface area contributed by atoms with Crippen molar-refractivity contribution in [2.24, 2.45) is 0 Å². The number of anilines is 1. The lowest BCUT2D eigenvalue weighted by atomic mass is 10.3. The number of nitrogen functional groups attached to an aromatic ring is 1. The SMILES string of the molecule is Nc1cc(-c2ccc(Br)o2)nn1-c1cccc([N+](=O)[O-])c1. The summed E-state index contributed by atoms with van der Waals surface area (Å²) in [7, 11) is 0. The molecule has 0 unspecified atom stereocenters. The Labute approximate surface area is 127 Å². The van der Waals surface area contributed by atoms with E-state index in [0.717, 1.165) is 0 Å². The topological polar surface area (TPSA) is 100 Å². The van der Waals surface area contributed by atoms with Crippen molar-refractivity contribution in [3.63, 3.8) is 0 Å². The van der Waals surface area contributed by atoms with Gasteiger partial charge in [-0.3, -0.25) is 10.1 Å². The minimum Gasteiger partial charge on any atom is -0.448 e. The van der Waals surface area contributed by atoms with E-state index in [1.165, 1.54) is 16.8 Å². The molecule has 2 N–H and O–H groups in total. The Kier molecular flexibility index (Phi) is 3.22. The second kappa shape index (κ2) is 5.06. The molecule has 0 bridgehead atoms. The summed E-state index contributed by atoms with van der Waals surface area (Å²) in [6.07, 6.45) is 0. The third-order valence-corrected chi connectivity index (χ3v) is 3.27. The number of nitrogens with zero attached hydrogens (tertiary/aromatic N) is 3. The van der Waals surface area contributed by atoms with Gasteiger partial charge in [0.25, 0.3) is 5.69 Å². The zero-order valence-corrected chi connectivity index (χ0v) is 12.1. The maximum absolute atomic E-state index is 10.8. The quantitative estimate of drug-likeness (QED) is 0.577. The van der Waals surface area contributed by atoms with Crippen LogP contribution in [0.3, 0.4) is 0 Å². The summed E-state index contributed by atoms with van der Waals surface area (Å²) in [6.45, 7) is 0. The van der Waals surface area contributed by atoms with Crippen molar-refractivity contribution < 1.29 is 9.34 Å². The van der Waals surface area contributed by atoms with Crippen molar-refractivity contribution in [2.75, 3.05) is 5.73 Å².